The van der Waals surface area contributed by atoms with Crippen molar-refractivity contribution in [1.82, 2.24) is 9.88 Å². The Morgan fingerprint density at radius 1 is 1.20 bits per heavy atom. The van der Waals surface area contributed by atoms with Crippen molar-refractivity contribution >= 4 is 85.9 Å². The van der Waals surface area contributed by atoms with Crippen LogP contribution in [0.4, 0.5) is 5.13 Å². The standard InChI is InChI=1S/C28H21Cl2N3O5S3/c1-36-23-9-16(10-24-26(35)33(28(39)41-24)14-19-3-2-8-37-19)4-7-22(23)38-15-25(34)32-27-31-13-20(40-27)12-17-11-18(29)5-6-21(17)30/h2-11,13H,12,14-15H2,1H3,(H,31,32,34)/b24-10-. The van der Waals surface area contributed by atoms with E-state index in [1.165, 1.54) is 35.1 Å². The second kappa shape index (κ2) is 13.1. The van der Waals surface area contributed by atoms with Crippen LogP contribution < -0.4 is 14.8 Å². The summed E-state index contributed by atoms with van der Waals surface area (Å²) in [6.07, 6.45) is 5.51. The lowest BCUT2D eigenvalue weighted by atomic mass is 10.1. The van der Waals surface area contributed by atoms with E-state index < -0.39 is 0 Å². The van der Waals surface area contributed by atoms with E-state index in [0.29, 0.717) is 53.6 Å². The first-order chi connectivity index (χ1) is 19.8. The van der Waals surface area contributed by atoms with Gasteiger partial charge in [0.2, 0.25) is 0 Å². The largest absolute Gasteiger partial charge is 0.493 e. The predicted molar refractivity (Wildman–Crippen MR) is 166 cm³/mol. The summed E-state index contributed by atoms with van der Waals surface area (Å²) in [6, 6.07) is 14.0. The molecule has 210 valence electrons. The number of nitrogens with one attached hydrogen (secondary N) is 1. The van der Waals surface area contributed by atoms with E-state index in [4.69, 9.17) is 49.3 Å². The van der Waals surface area contributed by atoms with Crippen molar-refractivity contribution in [2.45, 2.75) is 13.0 Å². The van der Waals surface area contributed by atoms with Gasteiger partial charge >= 0.3 is 0 Å². The van der Waals surface area contributed by atoms with Crippen molar-refractivity contribution in [2.75, 3.05) is 19.0 Å². The van der Waals surface area contributed by atoms with Gasteiger partial charge in [-0.1, -0.05) is 53.2 Å². The first-order valence-electron chi connectivity index (χ1n) is 12.1. The van der Waals surface area contributed by atoms with E-state index >= 15 is 0 Å². The Hall–Kier alpha value is -3.35. The Balaban J connectivity index is 1.18. The third-order valence-electron chi connectivity index (χ3n) is 5.78. The molecule has 1 fully saturated rings. The average Bonchev–Trinajstić information content (AvgIpc) is 3.69. The molecule has 8 nitrogen and oxygen atoms in total. The Morgan fingerprint density at radius 3 is 2.83 bits per heavy atom. The van der Waals surface area contributed by atoms with Crippen LogP contribution in [0.1, 0.15) is 21.8 Å². The number of thiazole rings is 1. The highest BCUT2D eigenvalue weighted by molar-refractivity contribution is 8.26. The summed E-state index contributed by atoms with van der Waals surface area (Å²) in [5.74, 6) is 0.854. The number of thiocarbonyl (C=S) groups is 1. The quantitative estimate of drug-likeness (QED) is 0.145. The highest BCUT2D eigenvalue weighted by Gasteiger charge is 2.32. The maximum absolute atomic E-state index is 12.9. The van der Waals surface area contributed by atoms with Crippen LogP contribution in [0.25, 0.3) is 6.08 Å². The number of aromatic nitrogens is 1. The Morgan fingerprint density at radius 2 is 2.05 bits per heavy atom. The number of benzene rings is 2. The number of carbonyl (C=O) groups excluding carboxylic acids is 2. The van der Waals surface area contributed by atoms with Crippen LogP contribution in [0.2, 0.25) is 10.0 Å². The van der Waals surface area contributed by atoms with E-state index in [-0.39, 0.29) is 25.0 Å². The third-order valence-corrected chi connectivity index (χ3v) is 8.68. The molecule has 41 heavy (non-hydrogen) atoms. The van der Waals surface area contributed by atoms with Crippen molar-refractivity contribution < 1.29 is 23.5 Å². The van der Waals surface area contributed by atoms with Crippen molar-refractivity contribution in [3.63, 3.8) is 0 Å². The minimum absolute atomic E-state index is 0.201. The van der Waals surface area contributed by atoms with E-state index in [1.807, 2.05) is 0 Å². The number of thioether (sulfide) groups is 1. The molecule has 13 heteroatoms. The minimum atomic E-state index is -0.377. The highest BCUT2D eigenvalue weighted by Crippen LogP contribution is 2.35. The number of carbonyl (C=O) groups is 2. The Bertz CT molecular complexity index is 1640. The van der Waals surface area contributed by atoms with E-state index in [2.05, 4.69) is 10.3 Å². The SMILES string of the molecule is COc1cc(/C=C2\SC(=S)N(Cc3ccco3)C2=O)ccc1OCC(=O)Nc1ncc(Cc2cc(Cl)ccc2Cl)s1. The predicted octanol–water partition coefficient (Wildman–Crippen LogP) is 7.06. The Labute approximate surface area is 259 Å². The van der Waals surface area contributed by atoms with Crippen LogP contribution in [-0.4, -0.2) is 39.7 Å². The molecule has 5 rings (SSSR count). The number of ether oxygens (including phenoxy) is 2. The summed E-state index contributed by atoms with van der Waals surface area (Å²) in [7, 11) is 1.50. The van der Waals surface area contributed by atoms with Crippen LogP contribution >= 0.6 is 58.5 Å². The van der Waals surface area contributed by atoms with Gasteiger partial charge in [0.1, 0.15) is 10.1 Å². The Kier molecular flexibility index (Phi) is 9.31. The summed E-state index contributed by atoms with van der Waals surface area (Å²) < 4.78 is 17.0. The molecule has 0 aliphatic carbocycles. The van der Waals surface area contributed by atoms with Crippen LogP contribution in [0, 0.1) is 0 Å². The van der Waals surface area contributed by atoms with Gasteiger partial charge in [-0.3, -0.25) is 19.8 Å². The number of amides is 2. The summed E-state index contributed by atoms with van der Waals surface area (Å²) in [5, 5.41) is 4.40. The molecule has 4 aromatic rings. The molecule has 3 heterocycles. The highest BCUT2D eigenvalue weighted by atomic mass is 35.5. The van der Waals surface area contributed by atoms with Crippen molar-refractivity contribution in [1.29, 1.82) is 0 Å². The molecule has 0 unspecified atom stereocenters. The first kappa shape index (κ1) is 29.2. The van der Waals surface area contributed by atoms with Gasteiger partial charge in [-0.05, 0) is 59.7 Å². The monoisotopic (exact) mass is 645 g/mol. The van der Waals surface area contributed by atoms with Gasteiger partial charge in [0.15, 0.2) is 23.2 Å². The smallest absolute Gasteiger partial charge is 0.266 e. The molecule has 2 aromatic carbocycles. The molecule has 1 N–H and O–H groups in total. The molecular formula is C28H21Cl2N3O5S3. The molecule has 1 aliphatic rings. The number of furan rings is 1. The molecule has 0 radical (unpaired) electrons. The molecule has 0 spiro atoms. The third kappa shape index (κ3) is 7.30. The molecule has 0 saturated carbocycles. The number of anilines is 1. The molecule has 2 amide bonds. The maximum Gasteiger partial charge on any atom is 0.266 e. The topological polar surface area (TPSA) is 93.9 Å². The molecule has 1 aliphatic heterocycles. The van der Waals surface area contributed by atoms with Gasteiger partial charge < -0.3 is 13.9 Å². The van der Waals surface area contributed by atoms with Gasteiger partial charge in [0.05, 0.1) is 24.8 Å². The van der Waals surface area contributed by atoms with Crippen LogP contribution in [-0.2, 0) is 22.6 Å². The molecule has 0 atom stereocenters. The normalized spacial score (nSPS) is 14.1. The van der Waals surface area contributed by atoms with E-state index in [0.717, 1.165) is 10.4 Å². The summed E-state index contributed by atoms with van der Waals surface area (Å²) >= 11 is 20.3. The number of nitrogens with zero attached hydrogens (tertiary/aromatic N) is 2. The lowest BCUT2D eigenvalue weighted by Gasteiger charge is -2.12. The van der Waals surface area contributed by atoms with Crippen molar-refractivity contribution in [3.05, 3.63) is 97.7 Å². The van der Waals surface area contributed by atoms with Crippen molar-refractivity contribution in [2.24, 2.45) is 0 Å². The fourth-order valence-electron chi connectivity index (χ4n) is 3.85. The second-order valence-electron chi connectivity index (χ2n) is 8.64. The number of methoxy groups -OCH3 is 1. The molecular weight excluding hydrogens is 625 g/mol. The molecule has 1 saturated heterocycles. The van der Waals surface area contributed by atoms with E-state index in [1.54, 1.807) is 67.1 Å². The lowest BCUT2D eigenvalue weighted by Crippen LogP contribution is -2.27. The zero-order valence-electron chi connectivity index (χ0n) is 21.4. The molecule has 0 bridgehead atoms. The molecule has 2 aromatic heterocycles. The first-order valence-corrected chi connectivity index (χ1v) is 14.9. The number of hydrogen-bond donors (Lipinski definition) is 1. The fraction of sp³-hybridized carbons (Fsp3) is 0.143. The maximum atomic E-state index is 12.9. The number of halogens is 2. The minimum Gasteiger partial charge on any atom is -0.493 e. The second-order valence-corrected chi connectivity index (χ2v) is 12.3. The average molecular weight is 647 g/mol. The zero-order chi connectivity index (χ0) is 28.9. The van der Waals surface area contributed by atoms with Crippen molar-refractivity contribution in [3.8, 4) is 11.5 Å². The van der Waals surface area contributed by atoms with Crippen LogP contribution in [0.5, 0.6) is 11.5 Å². The van der Waals surface area contributed by atoms with Crippen LogP contribution in [0.15, 0.2) is 70.3 Å². The summed E-state index contributed by atoms with van der Waals surface area (Å²) in [6.45, 7) is 0.0158. The van der Waals surface area contributed by atoms with Gasteiger partial charge in [0, 0.05) is 27.5 Å². The fourth-order valence-corrected chi connectivity index (χ4v) is 6.34. The number of rotatable bonds is 10. The van der Waals surface area contributed by atoms with Gasteiger partial charge in [-0.25, -0.2) is 4.98 Å². The lowest BCUT2D eigenvalue weighted by molar-refractivity contribution is -0.122. The number of hydrogen-bond acceptors (Lipinski definition) is 9. The van der Waals surface area contributed by atoms with Crippen LogP contribution in [0.3, 0.4) is 0 Å². The summed E-state index contributed by atoms with van der Waals surface area (Å²) in [4.78, 5) is 32.6. The van der Waals surface area contributed by atoms with Gasteiger partial charge in [-0.2, -0.15) is 0 Å². The van der Waals surface area contributed by atoms with Gasteiger partial charge in [-0.15, -0.1) is 11.3 Å². The van der Waals surface area contributed by atoms with Gasteiger partial charge in [0.25, 0.3) is 11.8 Å². The van der Waals surface area contributed by atoms with E-state index in [9.17, 15) is 9.59 Å². The summed E-state index contributed by atoms with van der Waals surface area (Å²) in [5.41, 5.74) is 1.59. The zero-order valence-corrected chi connectivity index (χ0v) is 25.3.